The van der Waals surface area contributed by atoms with E-state index >= 15 is 0 Å². The number of rotatable bonds is 7. The second kappa shape index (κ2) is 7.73. The molecule has 9 nitrogen and oxygen atoms in total. The minimum atomic E-state index is -0.207. The molecule has 1 saturated carbocycles. The molecule has 1 aliphatic carbocycles. The van der Waals surface area contributed by atoms with Crippen molar-refractivity contribution in [2.24, 2.45) is 0 Å². The molecule has 0 spiro atoms. The smallest absolute Gasteiger partial charge is 0.238 e. The van der Waals surface area contributed by atoms with E-state index < -0.39 is 0 Å². The highest BCUT2D eigenvalue weighted by molar-refractivity contribution is 5.76. The molecule has 1 N–H and O–H groups in total. The molecule has 1 unspecified atom stereocenters. The third kappa shape index (κ3) is 3.91. The van der Waals surface area contributed by atoms with Crippen molar-refractivity contribution in [3.8, 4) is 11.6 Å². The van der Waals surface area contributed by atoms with Gasteiger partial charge in [0.2, 0.25) is 17.6 Å². The minimum Gasteiger partial charge on any atom is -0.461 e. The second-order valence-electron chi connectivity index (χ2n) is 6.81. The number of carbonyl (C=O) groups is 1. The van der Waals surface area contributed by atoms with Gasteiger partial charge in [0, 0.05) is 18.9 Å². The molecule has 0 saturated heterocycles. The quantitative estimate of drug-likeness (QED) is 0.680. The molecule has 1 aliphatic rings. The van der Waals surface area contributed by atoms with Crippen LogP contribution in [0, 0.1) is 0 Å². The van der Waals surface area contributed by atoms with E-state index in [-0.39, 0.29) is 18.4 Å². The van der Waals surface area contributed by atoms with Gasteiger partial charge in [-0.1, -0.05) is 18.0 Å². The van der Waals surface area contributed by atoms with Gasteiger partial charge in [-0.25, -0.2) is 0 Å². The molecular weight excluding hydrogens is 348 g/mol. The van der Waals surface area contributed by atoms with Gasteiger partial charge in [0.15, 0.2) is 11.6 Å². The Balaban J connectivity index is 1.31. The zero-order valence-corrected chi connectivity index (χ0v) is 15.2. The zero-order valence-electron chi connectivity index (χ0n) is 15.2. The molecule has 142 valence electrons. The number of amides is 1. The van der Waals surface area contributed by atoms with Gasteiger partial charge in [0.25, 0.3) is 0 Å². The third-order valence-corrected chi connectivity index (χ3v) is 4.86. The van der Waals surface area contributed by atoms with E-state index in [0.717, 1.165) is 18.7 Å². The lowest BCUT2D eigenvalue weighted by Crippen LogP contribution is -2.29. The van der Waals surface area contributed by atoms with E-state index in [2.05, 4.69) is 30.2 Å². The third-order valence-electron chi connectivity index (χ3n) is 4.86. The van der Waals surface area contributed by atoms with E-state index in [1.807, 2.05) is 6.92 Å². The summed E-state index contributed by atoms with van der Waals surface area (Å²) in [6.45, 7) is 1.93. The molecular formula is C18H22N6O3. The number of aromatic nitrogens is 5. The van der Waals surface area contributed by atoms with E-state index in [1.54, 1.807) is 24.7 Å². The molecule has 3 aromatic heterocycles. The maximum absolute atomic E-state index is 12.3. The number of hydrogen-bond acceptors (Lipinski definition) is 7. The highest BCUT2D eigenvalue weighted by Crippen LogP contribution is 2.31. The average Bonchev–Trinajstić information content (AvgIpc) is 3.47. The van der Waals surface area contributed by atoms with Crippen LogP contribution in [0.25, 0.3) is 11.6 Å². The molecule has 3 heterocycles. The summed E-state index contributed by atoms with van der Waals surface area (Å²) in [5.41, 5.74) is 0. The van der Waals surface area contributed by atoms with Crippen LogP contribution in [0.15, 0.2) is 33.7 Å². The first kappa shape index (κ1) is 17.4. The second-order valence-corrected chi connectivity index (χ2v) is 6.81. The van der Waals surface area contributed by atoms with Gasteiger partial charge in [-0.3, -0.25) is 4.79 Å². The van der Waals surface area contributed by atoms with E-state index in [9.17, 15) is 4.79 Å². The van der Waals surface area contributed by atoms with Crippen LogP contribution in [0.1, 0.15) is 62.8 Å². The average molecular weight is 370 g/mol. The van der Waals surface area contributed by atoms with Crippen LogP contribution in [0.5, 0.6) is 0 Å². The predicted octanol–water partition coefficient (Wildman–Crippen LogP) is 2.85. The fourth-order valence-electron chi connectivity index (χ4n) is 3.49. The van der Waals surface area contributed by atoms with E-state index in [0.29, 0.717) is 29.9 Å². The van der Waals surface area contributed by atoms with Crippen molar-refractivity contribution in [1.29, 1.82) is 0 Å². The first-order valence-corrected chi connectivity index (χ1v) is 9.26. The lowest BCUT2D eigenvalue weighted by atomic mass is 10.2. The largest absolute Gasteiger partial charge is 0.461 e. The number of nitrogens with zero attached hydrogens (tertiary/aromatic N) is 5. The Morgan fingerprint density at radius 3 is 3.04 bits per heavy atom. The maximum Gasteiger partial charge on any atom is 0.238 e. The predicted molar refractivity (Wildman–Crippen MR) is 94.4 cm³/mol. The van der Waals surface area contributed by atoms with Crippen molar-refractivity contribution in [1.82, 2.24) is 30.2 Å². The molecule has 0 aromatic carbocycles. The summed E-state index contributed by atoms with van der Waals surface area (Å²) in [4.78, 5) is 16.6. The van der Waals surface area contributed by atoms with Crippen molar-refractivity contribution in [2.45, 2.75) is 57.5 Å². The minimum absolute atomic E-state index is 0.0961. The molecule has 3 aromatic rings. The van der Waals surface area contributed by atoms with Crippen LogP contribution < -0.4 is 5.32 Å². The zero-order chi connectivity index (χ0) is 18.6. The number of carbonyl (C=O) groups excluding carboxylic acids is 1. The molecule has 9 heteroatoms. The summed E-state index contributed by atoms with van der Waals surface area (Å²) >= 11 is 0. The van der Waals surface area contributed by atoms with Crippen LogP contribution in [0.2, 0.25) is 0 Å². The van der Waals surface area contributed by atoms with E-state index in [1.165, 1.54) is 12.8 Å². The van der Waals surface area contributed by atoms with Crippen LogP contribution in [-0.2, 0) is 11.2 Å². The van der Waals surface area contributed by atoms with Gasteiger partial charge in [-0.15, -0.1) is 10.2 Å². The molecule has 0 radical (unpaired) electrons. The Labute approximate surface area is 156 Å². The van der Waals surface area contributed by atoms with Crippen LogP contribution in [0.4, 0.5) is 0 Å². The summed E-state index contributed by atoms with van der Waals surface area (Å²) in [5.74, 6) is 2.02. The summed E-state index contributed by atoms with van der Waals surface area (Å²) in [5, 5.41) is 15.1. The highest BCUT2D eigenvalue weighted by Gasteiger charge is 2.23. The summed E-state index contributed by atoms with van der Waals surface area (Å²) in [6.07, 6.45) is 8.67. The van der Waals surface area contributed by atoms with Crippen molar-refractivity contribution in [3.05, 3.63) is 36.4 Å². The molecule has 1 atom stereocenters. The first-order valence-electron chi connectivity index (χ1n) is 9.26. The van der Waals surface area contributed by atoms with Gasteiger partial charge < -0.3 is 18.8 Å². The normalized spacial score (nSPS) is 15.9. The topological polar surface area (TPSA) is 112 Å². The monoisotopic (exact) mass is 370 g/mol. The number of furan rings is 1. The first-order chi connectivity index (χ1) is 13.2. The fraction of sp³-hybridized carbons (Fsp3) is 0.500. The van der Waals surface area contributed by atoms with Crippen molar-refractivity contribution in [2.75, 3.05) is 0 Å². The summed E-state index contributed by atoms with van der Waals surface area (Å²) in [6, 6.07) is 3.74. The number of aryl methyl sites for hydroxylation is 1. The lowest BCUT2D eigenvalue weighted by molar-refractivity contribution is -0.121. The molecule has 1 amide bonds. The van der Waals surface area contributed by atoms with Crippen molar-refractivity contribution in [3.63, 3.8) is 0 Å². The number of nitrogens with one attached hydrogen (secondary N) is 1. The van der Waals surface area contributed by atoms with Crippen LogP contribution in [-0.4, -0.2) is 30.8 Å². The summed E-state index contributed by atoms with van der Waals surface area (Å²) in [7, 11) is 0. The van der Waals surface area contributed by atoms with Crippen molar-refractivity contribution < 1.29 is 13.7 Å². The van der Waals surface area contributed by atoms with Crippen LogP contribution >= 0.6 is 0 Å². The summed E-state index contributed by atoms with van der Waals surface area (Å²) < 4.78 is 12.5. The number of hydrogen-bond donors (Lipinski definition) is 1. The van der Waals surface area contributed by atoms with Gasteiger partial charge in [-0.2, -0.15) is 4.98 Å². The Bertz CT molecular complexity index is 879. The van der Waals surface area contributed by atoms with Crippen LogP contribution in [0.3, 0.4) is 0 Å². The lowest BCUT2D eigenvalue weighted by Gasteiger charge is -2.18. The molecule has 27 heavy (non-hydrogen) atoms. The molecule has 4 rings (SSSR count). The van der Waals surface area contributed by atoms with E-state index in [4.69, 9.17) is 8.94 Å². The Morgan fingerprint density at radius 2 is 2.26 bits per heavy atom. The Kier molecular flexibility index (Phi) is 4.99. The van der Waals surface area contributed by atoms with Gasteiger partial charge >= 0.3 is 0 Å². The Hall–Kier alpha value is -2.97. The maximum atomic E-state index is 12.3. The molecule has 0 bridgehead atoms. The highest BCUT2D eigenvalue weighted by atomic mass is 16.5. The SMILES string of the molecule is CC(NC(=O)CCc1nc(-c2ccco2)no1)c1nncn1C1CCCC1. The van der Waals surface area contributed by atoms with Gasteiger partial charge in [0.1, 0.15) is 6.33 Å². The standard InChI is InChI=1S/C18H22N6O3/c1-12(18-22-19-11-24(18)13-5-2-3-6-13)20-15(25)8-9-16-21-17(23-27-16)14-7-4-10-26-14/h4,7,10-13H,2-3,5-6,8-9H2,1H3,(H,20,25). The van der Waals surface area contributed by atoms with Gasteiger partial charge in [0.05, 0.1) is 12.3 Å². The Morgan fingerprint density at radius 1 is 1.41 bits per heavy atom. The molecule has 0 aliphatic heterocycles. The molecule has 1 fully saturated rings. The fourth-order valence-corrected chi connectivity index (χ4v) is 3.49. The van der Waals surface area contributed by atoms with Crippen molar-refractivity contribution >= 4 is 5.91 Å². The van der Waals surface area contributed by atoms with Gasteiger partial charge in [-0.05, 0) is 31.9 Å².